The van der Waals surface area contributed by atoms with Crippen LogP contribution in [0, 0.1) is 5.92 Å². The molecular weight excluding hydrogens is 258 g/mol. The number of rotatable bonds is 4. The van der Waals surface area contributed by atoms with Crippen molar-refractivity contribution in [2.24, 2.45) is 5.92 Å². The lowest BCUT2D eigenvalue weighted by Gasteiger charge is -2.08. The summed E-state index contributed by atoms with van der Waals surface area (Å²) in [6.07, 6.45) is 3.15. The van der Waals surface area contributed by atoms with Crippen LogP contribution >= 0.6 is 0 Å². The minimum Gasteiger partial charge on any atom is -0.462 e. The lowest BCUT2D eigenvalue weighted by atomic mass is 10.2. The second-order valence-electron chi connectivity index (χ2n) is 4.67. The van der Waals surface area contributed by atoms with Gasteiger partial charge in [-0.2, -0.15) is 5.10 Å². The summed E-state index contributed by atoms with van der Waals surface area (Å²) < 4.78 is 6.54. The number of nitrogens with zero attached hydrogens (tertiary/aromatic N) is 2. The molecule has 106 valence electrons. The van der Waals surface area contributed by atoms with E-state index >= 15 is 0 Å². The molecule has 0 radical (unpaired) electrons. The Hall–Kier alpha value is -2.37. The van der Waals surface area contributed by atoms with Crippen LogP contribution in [-0.4, -0.2) is 28.1 Å². The van der Waals surface area contributed by atoms with Crippen LogP contribution in [-0.2, 0) is 9.53 Å². The normalized spacial score (nSPS) is 10.8. The molecule has 0 aliphatic carbocycles. The van der Waals surface area contributed by atoms with Gasteiger partial charge in [0.25, 0.3) is 0 Å². The van der Waals surface area contributed by atoms with Gasteiger partial charge in [0.05, 0.1) is 18.3 Å². The van der Waals surface area contributed by atoms with Gasteiger partial charge < -0.3 is 10.1 Å². The molecule has 2 aromatic rings. The average Bonchev–Trinajstić information content (AvgIpc) is 2.82. The molecule has 0 saturated carbocycles. The van der Waals surface area contributed by atoms with E-state index in [4.69, 9.17) is 4.74 Å². The molecule has 20 heavy (non-hydrogen) atoms. The minimum atomic E-state index is -0.421. The molecule has 0 bridgehead atoms. The molecule has 0 aromatic carbocycles. The largest absolute Gasteiger partial charge is 0.462 e. The minimum absolute atomic E-state index is 0.0773. The molecule has 0 aliphatic rings. The van der Waals surface area contributed by atoms with Crippen LogP contribution < -0.4 is 5.32 Å². The number of hydrogen-bond donors (Lipinski definition) is 1. The molecule has 0 unspecified atom stereocenters. The Kier molecular flexibility index (Phi) is 4.02. The number of ether oxygens (including phenoxy) is 1. The quantitative estimate of drug-likeness (QED) is 0.867. The molecule has 0 fully saturated rings. The standard InChI is InChI=1S/C14H17N3O3/c1-4-20-14(19)11-8-15-17-6-5-10(7-12(11)17)16-13(18)9(2)3/h5-9H,4H2,1-3H3,(H,16,18). The van der Waals surface area contributed by atoms with Crippen LogP contribution in [0.1, 0.15) is 31.1 Å². The number of hydrogen-bond acceptors (Lipinski definition) is 4. The molecule has 2 heterocycles. The Morgan fingerprint density at radius 3 is 2.85 bits per heavy atom. The van der Waals surface area contributed by atoms with Crippen LogP contribution in [0.4, 0.5) is 5.69 Å². The summed E-state index contributed by atoms with van der Waals surface area (Å²) in [4.78, 5) is 23.5. The van der Waals surface area contributed by atoms with E-state index in [1.54, 1.807) is 29.8 Å². The van der Waals surface area contributed by atoms with Gasteiger partial charge in [0, 0.05) is 17.8 Å². The van der Waals surface area contributed by atoms with Crippen molar-refractivity contribution in [1.82, 2.24) is 9.61 Å². The van der Waals surface area contributed by atoms with Crippen molar-refractivity contribution in [3.63, 3.8) is 0 Å². The molecular formula is C14H17N3O3. The first-order valence-corrected chi connectivity index (χ1v) is 6.48. The highest BCUT2D eigenvalue weighted by molar-refractivity contribution is 5.98. The zero-order valence-corrected chi connectivity index (χ0v) is 11.7. The molecule has 6 heteroatoms. The highest BCUT2D eigenvalue weighted by Crippen LogP contribution is 2.17. The Balaban J connectivity index is 2.34. The van der Waals surface area contributed by atoms with Crippen LogP contribution in [0.15, 0.2) is 24.5 Å². The summed E-state index contributed by atoms with van der Waals surface area (Å²) in [5.74, 6) is -0.609. The van der Waals surface area contributed by atoms with E-state index < -0.39 is 5.97 Å². The van der Waals surface area contributed by atoms with Crippen molar-refractivity contribution in [3.05, 3.63) is 30.1 Å². The van der Waals surface area contributed by atoms with Crippen LogP contribution in [0.5, 0.6) is 0 Å². The second kappa shape index (κ2) is 5.73. The fraction of sp³-hybridized carbons (Fsp3) is 0.357. The van der Waals surface area contributed by atoms with Crippen molar-refractivity contribution < 1.29 is 14.3 Å². The third-order valence-electron chi connectivity index (χ3n) is 2.81. The van der Waals surface area contributed by atoms with Gasteiger partial charge in [-0.1, -0.05) is 13.8 Å². The van der Waals surface area contributed by atoms with Gasteiger partial charge in [-0.05, 0) is 19.1 Å². The first-order chi connectivity index (χ1) is 9.52. The molecule has 0 spiro atoms. The molecule has 0 atom stereocenters. The molecule has 2 rings (SSSR count). The third-order valence-corrected chi connectivity index (χ3v) is 2.81. The van der Waals surface area contributed by atoms with E-state index in [9.17, 15) is 9.59 Å². The summed E-state index contributed by atoms with van der Waals surface area (Å²) in [6, 6.07) is 3.44. The smallest absolute Gasteiger partial charge is 0.341 e. The SMILES string of the molecule is CCOC(=O)c1cnn2ccc(NC(=O)C(C)C)cc12. The number of esters is 1. The maximum absolute atomic E-state index is 11.8. The Morgan fingerprint density at radius 2 is 2.20 bits per heavy atom. The highest BCUT2D eigenvalue weighted by Gasteiger charge is 2.15. The Morgan fingerprint density at radius 1 is 1.45 bits per heavy atom. The predicted octanol–water partition coefficient (Wildman–Crippen LogP) is 2.11. The zero-order valence-electron chi connectivity index (χ0n) is 11.7. The number of amides is 1. The third kappa shape index (κ3) is 2.79. The topological polar surface area (TPSA) is 72.7 Å². The predicted molar refractivity (Wildman–Crippen MR) is 74.6 cm³/mol. The van der Waals surface area contributed by atoms with Gasteiger partial charge in [-0.25, -0.2) is 9.31 Å². The molecule has 0 aliphatic heterocycles. The van der Waals surface area contributed by atoms with E-state index in [1.165, 1.54) is 6.20 Å². The average molecular weight is 275 g/mol. The second-order valence-corrected chi connectivity index (χ2v) is 4.67. The van der Waals surface area contributed by atoms with Gasteiger partial charge in [0.15, 0.2) is 0 Å². The number of nitrogens with one attached hydrogen (secondary N) is 1. The lowest BCUT2D eigenvalue weighted by Crippen LogP contribution is -2.17. The van der Waals surface area contributed by atoms with E-state index in [1.807, 2.05) is 13.8 Å². The number of aromatic nitrogens is 2. The monoisotopic (exact) mass is 275 g/mol. The first-order valence-electron chi connectivity index (χ1n) is 6.48. The van der Waals surface area contributed by atoms with Gasteiger partial charge in [0.1, 0.15) is 5.56 Å². The van der Waals surface area contributed by atoms with E-state index in [0.29, 0.717) is 23.4 Å². The maximum Gasteiger partial charge on any atom is 0.341 e. The molecule has 6 nitrogen and oxygen atoms in total. The molecule has 2 aromatic heterocycles. The van der Waals surface area contributed by atoms with Crippen molar-refractivity contribution in [1.29, 1.82) is 0 Å². The van der Waals surface area contributed by atoms with E-state index in [2.05, 4.69) is 10.4 Å². The Labute approximate surface area is 116 Å². The van der Waals surface area contributed by atoms with Crippen molar-refractivity contribution >= 4 is 23.1 Å². The summed E-state index contributed by atoms with van der Waals surface area (Å²) in [6.45, 7) is 5.69. The van der Waals surface area contributed by atoms with E-state index in [0.717, 1.165) is 0 Å². The number of carbonyl (C=O) groups is 2. The fourth-order valence-electron chi connectivity index (χ4n) is 1.71. The van der Waals surface area contributed by atoms with Crippen LogP contribution in [0.3, 0.4) is 0 Å². The van der Waals surface area contributed by atoms with Gasteiger partial charge >= 0.3 is 5.97 Å². The van der Waals surface area contributed by atoms with E-state index in [-0.39, 0.29) is 11.8 Å². The van der Waals surface area contributed by atoms with Gasteiger partial charge in [0.2, 0.25) is 5.91 Å². The van der Waals surface area contributed by atoms with Gasteiger partial charge in [-0.15, -0.1) is 0 Å². The summed E-state index contributed by atoms with van der Waals surface area (Å²) >= 11 is 0. The highest BCUT2D eigenvalue weighted by atomic mass is 16.5. The zero-order chi connectivity index (χ0) is 14.7. The van der Waals surface area contributed by atoms with Gasteiger partial charge in [-0.3, -0.25) is 4.79 Å². The van der Waals surface area contributed by atoms with Crippen LogP contribution in [0.2, 0.25) is 0 Å². The Bertz CT molecular complexity index is 646. The van der Waals surface area contributed by atoms with Crippen molar-refractivity contribution in [2.75, 3.05) is 11.9 Å². The van der Waals surface area contributed by atoms with Crippen molar-refractivity contribution in [3.8, 4) is 0 Å². The lowest BCUT2D eigenvalue weighted by molar-refractivity contribution is -0.118. The fourth-order valence-corrected chi connectivity index (χ4v) is 1.71. The number of fused-ring (bicyclic) bond motifs is 1. The molecule has 1 N–H and O–H groups in total. The summed E-state index contributed by atoms with van der Waals surface area (Å²) in [5.41, 5.74) is 1.61. The van der Waals surface area contributed by atoms with Crippen molar-refractivity contribution in [2.45, 2.75) is 20.8 Å². The number of pyridine rings is 1. The molecule has 1 amide bonds. The number of anilines is 1. The first kappa shape index (κ1) is 14.0. The molecule has 0 saturated heterocycles. The van der Waals surface area contributed by atoms with Crippen LogP contribution in [0.25, 0.3) is 5.52 Å². The summed E-state index contributed by atoms with van der Waals surface area (Å²) in [7, 11) is 0. The summed E-state index contributed by atoms with van der Waals surface area (Å²) in [5, 5.41) is 6.87. The maximum atomic E-state index is 11.8. The number of carbonyl (C=O) groups excluding carboxylic acids is 2.